The zero-order valence-electron chi connectivity index (χ0n) is 17.6. The van der Waals surface area contributed by atoms with Gasteiger partial charge in [0, 0.05) is 6.42 Å². The van der Waals surface area contributed by atoms with E-state index < -0.39 is 7.12 Å². The van der Waals surface area contributed by atoms with Crippen LogP contribution in [0.5, 0.6) is 0 Å². The van der Waals surface area contributed by atoms with Crippen molar-refractivity contribution in [1.82, 2.24) is 10.6 Å². The van der Waals surface area contributed by atoms with Gasteiger partial charge < -0.3 is 19.9 Å². The molecule has 5 atom stereocenters. The lowest BCUT2D eigenvalue weighted by atomic mass is 9.43. The van der Waals surface area contributed by atoms with Crippen molar-refractivity contribution >= 4 is 18.9 Å². The largest absolute Gasteiger partial charge is 0.481 e. The van der Waals surface area contributed by atoms with Crippen molar-refractivity contribution in [3.8, 4) is 0 Å². The van der Waals surface area contributed by atoms with Crippen LogP contribution in [-0.4, -0.2) is 43.1 Å². The van der Waals surface area contributed by atoms with Gasteiger partial charge in [0.15, 0.2) is 0 Å². The van der Waals surface area contributed by atoms with Gasteiger partial charge in [-0.05, 0) is 49.4 Å². The van der Waals surface area contributed by atoms with Crippen molar-refractivity contribution in [2.75, 3.05) is 6.54 Å². The Labute approximate surface area is 163 Å². The number of hydrogen-bond acceptors (Lipinski definition) is 4. The third-order valence-corrected chi connectivity index (χ3v) is 7.14. The summed E-state index contributed by atoms with van der Waals surface area (Å²) < 4.78 is 12.9. The minimum absolute atomic E-state index is 0.00752. The summed E-state index contributed by atoms with van der Waals surface area (Å²) in [4.78, 5) is 23.8. The third kappa shape index (κ3) is 3.77. The monoisotopic (exact) mass is 378 g/mol. The van der Waals surface area contributed by atoms with Crippen molar-refractivity contribution in [2.45, 2.75) is 84.9 Å². The van der Waals surface area contributed by atoms with Crippen LogP contribution in [0.1, 0.15) is 67.2 Å². The molecule has 2 amide bonds. The molecule has 4 aliphatic rings. The molecular formula is C20H35BN2O4. The van der Waals surface area contributed by atoms with E-state index in [1.54, 1.807) is 6.92 Å². The third-order valence-electron chi connectivity index (χ3n) is 7.14. The summed E-state index contributed by atoms with van der Waals surface area (Å²) in [5.74, 6) is 1.06. The van der Waals surface area contributed by atoms with E-state index in [4.69, 9.17) is 9.31 Å². The topological polar surface area (TPSA) is 76.7 Å². The fourth-order valence-corrected chi connectivity index (χ4v) is 5.38. The van der Waals surface area contributed by atoms with Gasteiger partial charge in [0.1, 0.15) is 0 Å². The standard InChI is InChI=1S/C20H35BN2O4/c1-7-17(24)22-11-18(25)23-16(8-12(2)3)21-26-15-10-13-9-14(19(13,4)5)20(15,6)27-21/h12-16H,7-11H2,1-6H3,(H,22,24)(H,23,25)/t13-,14-,15?,16+,20-/m1/s1. The second-order valence-corrected chi connectivity index (χ2v) is 9.77. The number of carbonyl (C=O) groups excluding carboxylic acids is 2. The summed E-state index contributed by atoms with van der Waals surface area (Å²) in [5.41, 5.74) is 0.0179. The molecule has 0 radical (unpaired) electrons. The van der Waals surface area contributed by atoms with Crippen LogP contribution in [0, 0.1) is 23.2 Å². The van der Waals surface area contributed by atoms with Gasteiger partial charge in [-0.15, -0.1) is 0 Å². The fourth-order valence-electron chi connectivity index (χ4n) is 5.38. The van der Waals surface area contributed by atoms with E-state index in [9.17, 15) is 9.59 Å². The predicted molar refractivity (Wildman–Crippen MR) is 105 cm³/mol. The van der Waals surface area contributed by atoms with E-state index in [-0.39, 0.29) is 36.0 Å². The van der Waals surface area contributed by atoms with Crippen molar-refractivity contribution < 1.29 is 18.9 Å². The molecule has 3 saturated carbocycles. The Balaban J connectivity index is 1.66. The first-order chi connectivity index (χ1) is 12.6. The van der Waals surface area contributed by atoms with Crippen molar-refractivity contribution in [3.05, 3.63) is 0 Å². The molecule has 0 aromatic rings. The van der Waals surface area contributed by atoms with Crippen LogP contribution in [0.4, 0.5) is 0 Å². The number of nitrogens with one attached hydrogen (secondary N) is 2. The minimum Gasteiger partial charge on any atom is -0.404 e. The molecule has 0 aromatic heterocycles. The van der Waals surface area contributed by atoms with Gasteiger partial charge in [0.2, 0.25) is 11.8 Å². The van der Waals surface area contributed by atoms with Crippen LogP contribution in [-0.2, 0) is 18.9 Å². The zero-order valence-corrected chi connectivity index (χ0v) is 17.6. The Morgan fingerprint density at radius 2 is 1.89 bits per heavy atom. The highest BCUT2D eigenvalue weighted by atomic mass is 16.7. The van der Waals surface area contributed by atoms with E-state index in [0.29, 0.717) is 29.6 Å². The first kappa shape index (κ1) is 20.7. The van der Waals surface area contributed by atoms with Crippen LogP contribution in [0.2, 0.25) is 0 Å². The van der Waals surface area contributed by atoms with E-state index in [1.807, 2.05) is 0 Å². The molecule has 4 rings (SSSR count). The minimum atomic E-state index is -0.427. The maximum Gasteiger partial charge on any atom is 0.481 e. The summed E-state index contributed by atoms with van der Waals surface area (Å²) in [7, 11) is -0.427. The zero-order chi connectivity index (χ0) is 20.0. The van der Waals surface area contributed by atoms with Crippen LogP contribution >= 0.6 is 0 Å². The Kier molecular flexibility index (Phi) is 5.66. The highest BCUT2D eigenvalue weighted by Crippen LogP contribution is 2.65. The molecule has 2 bridgehead atoms. The average Bonchev–Trinajstić information content (AvgIpc) is 2.95. The molecule has 1 aliphatic heterocycles. The number of rotatable bonds is 7. The Bertz CT molecular complexity index is 597. The maximum absolute atomic E-state index is 12.3. The smallest absolute Gasteiger partial charge is 0.404 e. The summed E-state index contributed by atoms with van der Waals surface area (Å²) in [6.07, 6.45) is 3.49. The predicted octanol–water partition coefficient (Wildman–Crippen LogP) is 2.31. The van der Waals surface area contributed by atoms with Crippen molar-refractivity contribution in [1.29, 1.82) is 0 Å². The van der Waals surface area contributed by atoms with Gasteiger partial charge in [0.25, 0.3) is 0 Å². The normalized spacial score (nSPS) is 34.6. The molecule has 6 nitrogen and oxygen atoms in total. The van der Waals surface area contributed by atoms with Crippen molar-refractivity contribution in [2.24, 2.45) is 23.2 Å². The van der Waals surface area contributed by atoms with Gasteiger partial charge in [-0.2, -0.15) is 0 Å². The van der Waals surface area contributed by atoms with E-state index in [1.165, 1.54) is 6.42 Å². The Hall–Kier alpha value is -1.08. The molecule has 152 valence electrons. The molecule has 4 fully saturated rings. The highest BCUT2D eigenvalue weighted by molar-refractivity contribution is 6.47. The SMILES string of the molecule is CCC(=O)NCC(=O)N[C@@H](CC(C)C)B1OC2C[C@H]3C[C@H](C3(C)C)[C@@]2(C)O1. The van der Waals surface area contributed by atoms with E-state index >= 15 is 0 Å². The quantitative estimate of drug-likeness (QED) is 0.667. The van der Waals surface area contributed by atoms with E-state index in [2.05, 4.69) is 45.3 Å². The van der Waals surface area contributed by atoms with Gasteiger partial charge in [-0.3, -0.25) is 9.59 Å². The number of amides is 2. The Morgan fingerprint density at radius 1 is 1.19 bits per heavy atom. The lowest BCUT2D eigenvalue weighted by molar-refractivity contribution is -0.199. The van der Waals surface area contributed by atoms with Crippen molar-refractivity contribution in [3.63, 3.8) is 0 Å². The van der Waals surface area contributed by atoms with Crippen LogP contribution < -0.4 is 10.6 Å². The summed E-state index contributed by atoms with van der Waals surface area (Å²) in [5, 5.41) is 5.67. The maximum atomic E-state index is 12.3. The van der Waals surface area contributed by atoms with Crippen LogP contribution in [0.3, 0.4) is 0 Å². The molecule has 7 heteroatoms. The van der Waals surface area contributed by atoms with E-state index in [0.717, 1.165) is 12.8 Å². The van der Waals surface area contributed by atoms with Gasteiger partial charge in [-0.25, -0.2) is 0 Å². The molecule has 2 N–H and O–H groups in total. The Morgan fingerprint density at radius 3 is 2.48 bits per heavy atom. The summed E-state index contributed by atoms with van der Waals surface area (Å²) >= 11 is 0. The van der Waals surface area contributed by atoms with Crippen LogP contribution in [0.25, 0.3) is 0 Å². The van der Waals surface area contributed by atoms with Gasteiger partial charge in [-0.1, -0.05) is 34.6 Å². The number of hydrogen-bond donors (Lipinski definition) is 2. The summed E-state index contributed by atoms with van der Waals surface area (Å²) in [6.45, 7) is 12.9. The second kappa shape index (κ2) is 7.39. The molecule has 1 saturated heterocycles. The van der Waals surface area contributed by atoms with Gasteiger partial charge >= 0.3 is 7.12 Å². The average molecular weight is 378 g/mol. The molecule has 27 heavy (non-hydrogen) atoms. The lowest BCUT2D eigenvalue weighted by Gasteiger charge is -2.64. The molecule has 1 heterocycles. The molecule has 0 aromatic carbocycles. The molecule has 0 spiro atoms. The molecular weight excluding hydrogens is 343 g/mol. The second-order valence-electron chi connectivity index (χ2n) is 9.77. The first-order valence-corrected chi connectivity index (χ1v) is 10.5. The highest BCUT2D eigenvalue weighted by Gasteiger charge is 2.68. The van der Waals surface area contributed by atoms with Gasteiger partial charge in [0.05, 0.1) is 24.2 Å². The molecule has 3 aliphatic carbocycles. The number of carbonyl (C=O) groups is 2. The molecule has 1 unspecified atom stereocenters. The first-order valence-electron chi connectivity index (χ1n) is 10.5. The fraction of sp³-hybridized carbons (Fsp3) is 0.900. The van der Waals surface area contributed by atoms with Crippen LogP contribution in [0.15, 0.2) is 0 Å². The lowest BCUT2D eigenvalue weighted by Crippen LogP contribution is -2.65. The summed E-state index contributed by atoms with van der Waals surface area (Å²) in [6, 6.07) is 0.